The van der Waals surface area contributed by atoms with Crippen LogP contribution in [-0.2, 0) is 0 Å². The maximum atomic E-state index is 5.50. The van der Waals surface area contributed by atoms with Crippen LogP contribution in [0.25, 0.3) is 0 Å². The first-order valence-electron chi connectivity index (χ1n) is 5.04. The number of hydrogen-bond donors (Lipinski definition) is 2. The van der Waals surface area contributed by atoms with Gasteiger partial charge in [0.15, 0.2) is 0 Å². The van der Waals surface area contributed by atoms with Crippen LogP contribution < -0.4 is 15.8 Å². The summed E-state index contributed by atoms with van der Waals surface area (Å²) < 4.78 is 4.89. The molecule has 3 N–H and O–H groups in total. The van der Waals surface area contributed by atoms with Crippen LogP contribution in [-0.4, -0.2) is 40.6 Å². The van der Waals surface area contributed by atoms with Gasteiger partial charge in [-0.25, -0.2) is 0 Å². The molecule has 0 aromatic carbocycles. The Morgan fingerprint density at radius 3 is 2.81 bits per heavy atom. The number of aromatic nitrogens is 3. The maximum Gasteiger partial charge on any atom is 0.322 e. The van der Waals surface area contributed by atoms with Gasteiger partial charge in [-0.15, -0.1) is 0 Å². The smallest absolute Gasteiger partial charge is 0.322 e. The number of nitrogens with zero attached hydrogens (tertiary/aromatic N) is 3. The van der Waals surface area contributed by atoms with E-state index < -0.39 is 0 Å². The summed E-state index contributed by atoms with van der Waals surface area (Å²) in [5.74, 6) is 1.80. The number of nitrogen functional groups attached to an aromatic ring is 1. The predicted molar refractivity (Wildman–Crippen MR) is 66.9 cm³/mol. The molecule has 0 fully saturated rings. The second-order valence-corrected chi connectivity index (χ2v) is 4.12. The van der Waals surface area contributed by atoms with Gasteiger partial charge in [-0.05, 0) is 24.9 Å². The van der Waals surface area contributed by atoms with E-state index in [9.17, 15) is 0 Å². The number of nitrogens with one attached hydrogen (secondary N) is 1. The van der Waals surface area contributed by atoms with E-state index in [0.717, 1.165) is 13.0 Å². The first-order valence-corrected chi connectivity index (χ1v) is 6.44. The van der Waals surface area contributed by atoms with E-state index in [4.69, 9.17) is 10.5 Å². The van der Waals surface area contributed by atoms with Gasteiger partial charge in [0.2, 0.25) is 11.9 Å². The molecule has 90 valence electrons. The van der Waals surface area contributed by atoms with Crippen LogP contribution in [0.2, 0.25) is 0 Å². The summed E-state index contributed by atoms with van der Waals surface area (Å²) in [5.41, 5.74) is 5.50. The van der Waals surface area contributed by atoms with E-state index in [-0.39, 0.29) is 12.0 Å². The first-order chi connectivity index (χ1) is 7.76. The van der Waals surface area contributed by atoms with E-state index in [1.54, 1.807) is 0 Å². The zero-order chi connectivity index (χ0) is 11.8. The van der Waals surface area contributed by atoms with Crippen molar-refractivity contribution in [1.29, 1.82) is 0 Å². The molecule has 1 aromatic rings. The number of unbranched alkanes of at least 4 members (excludes halogenated alkanes) is 1. The molecule has 7 heteroatoms. The van der Waals surface area contributed by atoms with Gasteiger partial charge >= 0.3 is 6.01 Å². The second-order valence-electron chi connectivity index (χ2n) is 3.13. The highest BCUT2D eigenvalue weighted by atomic mass is 32.2. The van der Waals surface area contributed by atoms with E-state index in [1.807, 2.05) is 11.8 Å². The number of methoxy groups -OCH3 is 1. The molecule has 0 saturated heterocycles. The van der Waals surface area contributed by atoms with Gasteiger partial charge in [0.1, 0.15) is 0 Å². The van der Waals surface area contributed by atoms with Crippen LogP contribution in [0.3, 0.4) is 0 Å². The van der Waals surface area contributed by atoms with Gasteiger partial charge in [-0.2, -0.15) is 26.7 Å². The van der Waals surface area contributed by atoms with Gasteiger partial charge in [0, 0.05) is 6.54 Å². The summed E-state index contributed by atoms with van der Waals surface area (Å²) in [6, 6.07) is 0.235. The van der Waals surface area contributed by atoms with Crippen molar-refractivity contribution in [2.45, 2.75) is 12.8 Å². The Labute approximate surface area is 99.4 Å². The van der Waals surface area contributed by atoms with Gasteiger partial charge in [0.25, 0.3) is 0 Å². The Morgan fingerprint density at radius 1 is 1.31 bits per heavy atom. The minimum atomic E-state index is 0.165. The lowest BCUT2D eigenvalue weighted by molar-refractivity contribution is 0.379. The molecule has 0 aliphatic heterocycles. The summed E-state index contributed by atoms with van der Waals surface area (Å²) in [4.78, 5) is 11.8. The molecular weight excluding hydrogens is 226 g/mol. The fourth-order valence-electron chi connectivity index (χ4n) is 1.11. The molecule has 0 amide bonds. The summed E-state index contributed by atoms with van der Waals surface area (Å²) in [7, 11) is 1.50. The van der Waals surface area contributed by atoms with E-state index in [1.165, 1.54) is 19.3 Å². The standard InChI is InChI=1S/C9H17N5OS/c1-15-9-13-7(10)12-8(14-9)11-5-3-4-6-16-2/h3-6H2,1-2H3,(H3,10,11,12,13,14). The fourth-order valence-corrected chi connectivity index (χ4v) is 1.61. The molecule has 16 heavy (non-hydrogen) atoms. The number of ether oxygens (including phenoxy) is 1. The van der Waals surface area contributed by atoms with Crippen LogP contribution in [0.1, 0.15) is 12.8 Å². The fraction of sp³-hybridized carbons (Fsp3) is 0.667. The molecule has 0 radical (unpaired) electrons. The topological polar surface area (TPSA) is 86.0 Å². The molecule has 0 aliphatic rings. The Morgan fingerprint density at radius 2 is 2.12 bits per heavy atom. The lowest BCUT2D eigenvalue weighted by Crippen LogP contribution is -2.09. The highest BCUT2D eigenvalue weighted by Crippen LogP contribution is 2.08. The summed E-state index contributed by atoms with van der Waals surface area (Å²) in [6.07, 6.45) is 4.35. The van der Waals surface area contributed by atoms with Crippen LogP contribution in [0.5, 0.6) is 6.01 Å². The zero-order valence-electron chi connectivity index (χ0n) is 9.56. The molecule has 0 aliphatic carbocycles. The normalized spacial score (nSPS) is 10.1. The van der Waals surface area contributed by atoms with Gasteiger partial charge in [-0.3, -0.25) is 0 Å². The van der Waals surface area contributed by atoms with Crippen molar-refractivity contribution >= 4 is 23.7 Å². The van der Waals surface area contributed by atoms with Crippen molar-refractivity contribution in [2.24, 2.45) is 0 Å². The molecule has 1 rings (SSSR count). The predicted octanol–water partition coefficient (Wildman–Crippen LogP) is 1.02. The van der Waals surface area contributed by atoms with Crippen LogP contribution in [0, 0.1) is 0 Å². The molecule has 0 bridgehead atoms. The number of hydrogen-bond acceptors (Lipinski definition) is 7. The van der Waals surface area contributed by atoms with Crippen molar-refractivity contribution in [1.82, 2.24) is 15.0 Å². The van der Waals surface area contributed by atoms with Crippen molar-refractivity contribution in [3.63, 3.8) is 0 Å². The largest absolute Gasteiger partial charge is 0.467 e. The molecule has 0 unspecified atom stereocenters. The highest BCUT2D eigenvalue weighted by Gasteiger charge is 2.02. The lowest BCUT2D eigenvalue weighted by Gasteiger charge is -2.05. The third-order valence-corrected chi connectivity index (χ3v) is 2.57. The van der Waals surface area contributed by atoms with Crippen LogP contribution in [0.4, 0.5) is 11.9 Å². The Hall–Kier alpha value is -1.24. The zero-order valence-corrected chi connectivity index (χ0v) is 10.4. The lowest BCUT2D eigenvalue weighted by atomic mass is 10.3. The second kappa shape index (κ2) is 7.10. The number of rotatable bonds is 7. The monoisotopic (exact) mass is 243 g/mol. The minimum Gasteiger partial charge on any atom is -0.467 e. The van der Waals surface area contributed by atoms with Crippen LogP contribution in [0.15, 0.2) is 0 Å². The maximum absolute atomic E-state index is 5.50. The third kappa shape index (κ3) is 4.52. The molecule has 1 aromatic heterocycles. The van der Waals surface area contributed by atoms with E-state index >= 15 is 0 Å². The molecule has 0 saturated carbocycles. The van der Waals surface area contributed by atoms with Gasteiger partial charge in [-0.1, -0.05) is 0 Å². The molecule has 0 atom stereocenters. The Bertz CT molecular complexity index is 323. The molecular formula is C9H17N5OS. The minimum absolute atomic E-state index is 0.165. The quantitative estimate of drug-likeness (QED) is 0.691. The molecule has 1 heterocycles. The van der Waals surface area contributed by atoms with Crippen LogP contribution >= 0.6 is 11.8 Å². The summed E-state index contributed by atoms with van der Waals surface area (Å²) in [5, 5.41) is 3.09. The number of thioether (sulfide) groups is 1. The Balaban J connectivity index is 2.38. The average Bonchev–Trinajstić information content (AvgIpc) is 2.28. The Kier molecular flexibility index (Phi) is 5.69. The average molecular weight is 243 g/mol. The van der Waals surface area contributed by atoms with Crippen molar-refractivity contribution in [3.05, 3.63) is 0 Å². The third-order valence-electron chi connectivity index (χ3n) is 1.87. The number of nitrogens with two attached hydrogens (primary N) is 1. The van der Waals surface area contributed by atoms with Gasteiger partial charge in [0.05, 0.1) is 7.11 Å². The number of anilines is 2. The molecule has 0 spiro atoms. The van der Waals surface area contributed by atoms with E-state index in [2.05, 4.69) is 26.5 Å². The first kappa shape index (κ1) is 12.8. The molecule has 6 nitrogen and oxygen atoms in total. The van der Waals surface area contributed by atoms with Crippen molar-refractivity contribution in [3.8, 4) is 6.01 Å². The SMILES string of the molecule is COc1nc(N)nc(NCCCCSC)n1. The van der Waals surface area contributed by atoms with E-state index in [0.29, 0.717) is 5.95 Å². The van der Waals surface area contributed by atoms with Crippen molar-refractivity contribution in [2.75, 3.05) is 36.7 Å². The van der Waals surface area contributed by atoms with Gasteiger partial charge < -0.3 is 15.8 Å². The van der Waals surface area contributed by atoms with Crippen molar-refractivity contribution < 1.29 is 4.74 Å². The highest BCUT2D eigenvalue weighted by molar-refractivity contribution is 7.98. The summed E-state index contributed by atoms with van der Waals surface area (Å²) >= 11 is 1.85. The summed E-state index contributed by atoms with van der Waals surface area (Å²) in [6.45, 7) is 0.827.